The summed E-state index contributed by atoms with van der Waals surface area (Å²) >= 11 is 0. The van der Waals surface area contributed by atoms with Crippen LogP contribution in [0, 0.1) is 0 Å². The summed E-state index contributed by atoms with van der Waals surface area (Å²) in [5.74, 6) is -0.390. The average Bonchev–Trinajstić information content (AvgIpc) is 2.61. The number of hydrogen-bond donors (Lipinski definition) is 2. The van der Waals surface area contributed by atoms with Gasteiger partial charge in [0.15, 0.2) is 0 Å². The zero-order valence-electron chi connectivity index (χ0n) is 15.9. The number of benzene rings is 2. The van der Waals surface area contributed by atoms with Crippen LogP contribution in [0.1, 0.15) is 31.1 Å². The van der Waals surface area contributed by atoms with Crippen LogP contribution in [0.25, 0.3) is 0 Å². The fraction of sp³-hybridized carbons (Fsp3) is 0.333. The molecule has 3 rings (SSSR count). The molecule has 2 unspecified atom stereocenters. The first-order valence-electron chi connectivity index (χ1n) is 9.10. The molecule has 0 bridgehead atoms. The largest absolute Gasteiger partial charge is 0.372 e. The number of nitrogens with zero attached hydrogens (tertiary/aromatic N) is 1. The number of hydrogen-bond acceptors (Lipinski definition) is 4. The van der Waals surface area contributed by atoms with Crippen molar-refractivity contribution in [3.05, 3.63) is 54.1 Å². The van der Waals surface area contributed by atoms with Gasteiger partial charge in [0.1, 0.15) is 0 Å². The Morgan fingerprint density at radius 3 is 2.26 bits per heavy atom. The van der Waals surface area contributed by atoms with Crippen LogP contribution in [0.15, 0.2) is 48.5 Å². The van der Waals surface area contributed by atoms with E-state index >= 15 is 0 Å². The van der Waals surface area contributed by atoms with Gasteiger partial charge in [-0.3, -0.25) is 9.59 Å². The number of carbonyl (C=O) groups is 2. The molecule has 2 amide bonds. The van der Waals surface area contributed by atoms with Crippen molar-refractivity contribution in [1.82, 2.24) is 0 Å². The van der Waals surface area contributed by atoms with Crippen LogP contribution < -0.4 is 15.5 Å². The van der Waals surface area contributed by atoms with Crippen LogP contribution in [0.5, 0.6) is 0 Å². The van der Waals surface area contributed by atoms with Crippen LogP contribution in [-0.4, -0.2) is 37.1 Å². The van der Waals surface area contributed by atoms with Gasteiger partial charge in [0, 0.05) is 42.6 Å². The van der Waals surface area contributed by atoms with Crippen LogP contribution >= 0.6 is 0 Å². The van der Waals surface area contributed by atoms with Gasteiger partial charge >= 0.3 is 0 Å². The van der Waals surface area contributed by atoms with Gasteiger partial charge in [0.05, 0.1) is 12.2 Å². The smallest absolute Gasteiger partial charge is 0.255 e. The lowest BCUT2D eigenvalue weighted by molar-refractivity contribution is -0.114. The number of ether oxygens (including phenoxy) is 1. The Morgan fingerprint density at radius 2 is 1.63 bits per heavy atom. The van der Waals surface area contributed by atoms with E-state index in [1.165, 1.54) is 6.92 Å². The maximum Gasteiger partial charge on any atom is 0.255 e. The summed E-state index contributed by atoms with van der Waals surface area (Å²) in [6, 6.07) is 14.7. The molecule has 0 saturated carbocycles. The van der Waals surface area contributed by atoms with Gasteiger partial charge in [-0.05, 0) is 56.3 Å². The zero-order chi connectivity index (χ0) is 19.4. The highest BCUT2D eigenvalue weighted by Gasteiger charge is 2.22. The number of carbonyl (C=O) groups excluding carboxylic acids is 2. The topological polar surface area (TPSA) is 70.7 Å². The number of morpholine rings is 1. The quantitative estimate of drug-likeness (QED) is 0.868. The molecule has 1 saturated heterocycles. The Bertz CT molecular complexity index is 810. The highest BCUT2D eigenvalue weighted by Crippen LogP contribution is 2.23. The molecule has 2 atom stereocenters. The summed E-state index contributed by atoms with van der Waals surface area (Å²) in [4.78, 5) is 25.9. The van der Waals surface area contributed by atoms with E-state index in [1.807, 2.05) is 24.3 Å². The fourth-order valence-corrected chi connectivity index (χ4v) is 3.29. The minimum atomic E-state index is -0.219. The van der Waals surface area contributed by atoms with Crippen LogP contribution in [-0.2, 0) is 9.53 Å². The SMILES string of the molecule is CC(=O)Nc1cccc(C(=O)Nc2ccc(N3CC(C)OC(C)C3)cc2)c1. The first-order valence-corrected chi connectivity index (χ1v) is 9.10. The van der Waals surface area contributed by atoms with Gasteiger partial charge in [0.25, 0.3) is 5.91 Å². The summed E-state index contributed by atoms with van der Waals surface area (Å²) in [7, 11) is 0. The summed E-state index contributed by atoms with van der Waals surface area (Å²) < 4.78 is 5.77. The van der Waals surface area contributed by atoms with Crippen molar-refractivity contribution in [3.8, 4) is 0 Å². The van der Waals surface area contributed by atoms with Crippen LogP contribution in [0.4, 0.5) is 17.1 Å². The Morgan fingerprint density at radius 1 is 0.963 bits per heavy atom. The third-order valence-electron chi connectivity index (χ3n) is 4.36. The second kappa shape index (κ2) is 8.22. The van der Waals surface area contributed by atoms with E-state index in [0.29, 0.717) is 11.3 Å². The Hall–Kier alpha value is -2.86. The van der Waals surface area contributed by atoms with Crippen molar-refractivity contribution in [2.45, 2.75) is 33.0 Å². The summed E-state index contributed by atoms with van der Waals surface area (Å²) in [5.41, 5.74) is 2.92. The van der Waals surface area contributed by atoms with Crippen molar-refractivity contribution < 1.29 is 14.3 Å². The Labute approximate surface area is 159 Å². The molecule has 0 aromatic heterocycles. The number of anilines is 3. The molecule has 1 aliphatic heterocycles. The van der Waals surface area contributed by atoms with Gasteiger partial charge < -0.3 is 20.3 Å². The van der Waals surface area contributed by atoms with Crippen LogP contribution in [0.3, 0.4) is 0 Å². The van der Waals surface area contributed by atoms with E-state index in [-0.39, 0.29) is 24.0 Å². The Kier molecular flexibility index (Phi) is 5.76. The van der Waals surface area contributed by atoms with E-state index in [1.54, 1.807) is 24.3 Å². The van der Waals surface area contributed by atoms with Crippen LogP contribution in [0.2, 0.25) is 0 Å². The van der Waals surface area contributed by atoms with Gasteiger partial charge in [0.2, 0.25) is 5.91 Å². The third kappa shape index (κ3) is 5.08. The zero-order valence-corrected chi connectivity index (χ0v) is 15.9. The predicted octanol–water partition coefficient (Wildman–Crippen LogP) is 3.51. The molecule has 1 heterocycles. The highest BCUT2D eigenvalue weighted by atomic mass is 16.5. The van der Waals surface area contributed by atoms with Gasteiger partial charge in [-0.25, -0.2) is 0 Å². The average molecular weight is 367 g/mol. The Balaban J connectivity index is 1.66. The molecule has 142 valence electrons. The number of rotatable bonds is 4. The molecule has 0 radical (unpaired) electrons. The lowest BCUT2D eigenvalue weighted by atomic mass is 10.1. The maximum atomic E-state index is 12.5. The number of nitrogens with one attached hydrogen (secondary N) is 2. The normalized spacial score (nSPS) is 19.4. The standard InChI is InChI=1S/C21H25N3O3/c1-14-12-24(13-15(2)27-14)20-9-7-18(8-10-20)23-21(26)17-5-4-6-19(11-17)22-16(3)25/h4-11,14-15H,12-13H2,1-3H3,(H,22,25)(H,23,26). The minimum Gasteiger partial charge on any atom is -0.372 e. The molecule has 6 nitrogen and oxygen atoms in total. The lowest BCUT2D eigenvalue weighted by Gasteiger charge is -2.36. The second-order valence-electron chi connectivity index (χ2n) is 6.93. The minimum absolute atomic E-state index is 0.171. The van der Waals surface area contributed by atoms with Crippen molar-refractivity contribution in [2.24, 2.45) is 0 Å². The predicted molar refractivity (Wildman–Crippen MR) is 107 cm³/mol. The molecule has 1 fully saturated rings. The molecule has 0 spiro atoms. The van der Waals surface area contributed by atoms with E-state index in [0.717, 1.165) is 24.5 Å². The fourth-order valence-electron chi connectivity index (χ4n) is 3.29. The summed E-state index contributed by atoms with van der Waals surface area (Å²) in [6.45, 7) is 7.29. The highest BCUT2D eigenvalue weighted by molar-refractivity contribution is 6.05. The second-order valence-corrected chi connectivity index (χ2v) is 6.93. The van der Waals surface area contributed by atoms with Crippen molar-refractivity contribution in [1.29, 1.82) is 0 Å². The van der Waals surface area contributed by atoms with Gasteiger partial charge in [-0.15, -0.1) is 0 Å². The first-order chi connectivity index (χ1) is 12.9. The van der Waals surface area contributed by atoms with E-state index in [9.17, 15) is 9.59 Å². The molecular weight excluding hydrogens is 342 g/mol. The summed E-state index contributed by atoms with van der Waals surface area (Å²) in [5, 5.41) is 5.57. The molecule has 2 aromatic carbocycles. The van der Waals surface area contributed by atoms with Crippen molar-refractivity contribution in [2.75, 3.05) is 28.6 Å². The molecule has 6 heteroatoms. The van der Waals surface area contributed by atoms with Gasteiger partial charge in [-0.1, -0.05) is 6.07 Å². The summed E-state index contributed by atoms with van der Waals surface area (Å²) in [6.07, 6.45) is 0.396. The first kappa shape index (κ1) is 18.9. The van der Waals surface area contributed by atoms with Crippen molar-refractivity contribution in [3.63, 3.8) is 0 Å². The number of amides is 2. The monoisotopic (exact) mass is 367 g/mol. The maximum absolute atomic E-state index is 12.5. The molecule has 2 N–H and O–H groups in total. The molecular formula is C21H25N3O3. The lowest BCUT2D eigenvalue weighted by Crippen LogP contribution is -2.45. The van der Waals surface area contributed by atoms with E-state index in [4.69, 9.17) is 4.74 Å². The van der Waals surface area contributed by atoms with Crippen molar-refractivity contribution >= 4 is 28.9 Å². The molecule has 0 aliphatic carbocycles. The van der Waals surface area contributed by atoms with E-state index in [2.05, 4.69) is 29.4 Å². The van der Waals surface area contributed by atoms with E-state index < -0.39 is 0 Å². The van der Waals surface area contributed by atoms with Gasteiger partial charge in [-0.2, -0.15) is 0 Å². The molecule has 27 heavy (non-hydrogen) atoms. The third-order valence-corrected chi connectivity index (χ3v) is 4.36. The molecule has 1 aliphatic rings. The molecule has 2 aromatic rings.